The predicted molar refractivity (Wildman–Crippen MR) is 75.5 cm³/mol. The van der Waals surface area contributed by atoms with E-state index in [1.165, 1.54) is 5.70 Å². The number of hydrogen-bond acceptors (Lipinski definition) is 3. The first-order valence-electron chi connectivity index (χ1n) is 6.77. The van der Waals surface area contributed by atoms with Crippen molar-refractivity contribution in [1.29, 1.82) is 0 Å². The summed E-state index contributed by atoms with van der Waals surface area (Å²) >= 11 is 0. The van der Waals surface area contributed by atoms with E-state index < -0.39 is 0 Å². The van der Waals surface area contributed by atoms with Crippen LogP contribution < -0.4 is 0 Å². The minimum absolute atomic E-state index is 0.673. The zero-order chi connectivity index (χ0) is 13.0. The van der Waals surface area contributed by atoms with Gasteiger partial charge in [-0.25, -0.2) is 0 Å². The van der Waals surface area contributed by atoms with Gasteiger partial charge in [-0.15, -0.1) is 0 Å². The van der Waals surface area contributed by atoms with Crippen molar-refractivity contribution >= 4 is 0 Å². The minimum Gasteiger partial charge on any atom is -0.378 e. The normalized spacial score (nSPS) is 23.4. The second-order valence-corrected chi connectivity index (χ2v) is 5.11. The van der Waals surface area contributed by atoms with Crippen molar-refractivity contribution in [3.05, 3.63) is 36.1 Å². The Labute approximate surface area is 110 Å². The van der Waals surface area contributed by atoms with Crippen molar-refractivity contribution in [2.45, 2.75) is 19.9 Å². The molecule has 2 fully saturated rings. The highest BCUT2D eigenvalue weighted by Crippen LogP contribution is 2.16. The van der Waals surface area contributed by atoms with Crippen molar-refractivity contribution in [3.63, 3.8) is 0 Å². The van der Waals surface area contributed by atoms with Gasteiger partial charge in [-0.05, 0) is 19.9 Å². The Morgan fingerprint density at radius 2 is 1.83 bits per heavy atom. The summed E-state index contributed by atoms with van der Waals surface area (Å²) in [6.07, 6.45) is 6.44. The van der Waals surface area contributed by atoms with Crippen molar-refractivity contribution in [3.8, 4) is 0 Å². The monoisotopic (exact) mass is 248 g/mol. The SMILES string of the molecule is C=C(C)/C=C\C(=C\C)N1CCN(C2COC2)CC1. The third-order valence-corrected chi connectivity index (χ3v) is 3.65. The van der Waals surface area contributed by atoms with E-state index in [4.69, 9.17) is 4.74 Å². The van der Waals surface area contributed by atoms with Gasteiger partial charge in [-0.2, -0.15) is 0 Å². The van der Waals surface area contributed by atoms with E-state index in [0.29, 0.717) is 6.04 Å². The van der Waals surface area contributed by atoms with E-state index in [1.54, 1.807) is 0 Å². The van der Waals surface area contributed by atoms with E-state index in [2.05, 4.69) is 41.5 Å². The average Bonchev–Trinajstić information content (AvgIpc) is 2.29. The maximum absolute atomic E-state index is 5.26. The van der Waals surface area contributed by atoms with Crippen LogP contribution in [0.25, 0.3) is 0 Å². The molecule has 3 heteroatoms. The highest BCUT2D eigenvalue weighted by atomic mass is 16.5. The van der Waals surface area contributed by atoms with Gasteiger partial charge >= 0.3 is 0 Å². The molecule has 2 saturated heterocycles. The van der Waals surface area contributed by atoms with Crippen molar-refractivity contribution in [2.24, 2.45) is 0 Å². The molecule has 0 aliphatic carbocycles. The summed E-state index contributed by atoms with van der Waals surface area (Å²) in [6.45, 7) is 14.4. The van der Waals surface area contributed by atoms with Gasteiger partial charge in [0.25, 0.3) is 0 Å². The van der Waals surface area contributed by atoms with Crippen LogP contribution in [-0.4, -0.2) is 55.2 Å². The van der Waals surface area contributed by atoms with E-state index in [1.807, 2.05) is 6.92 Å². The fourth-order valence-electron chi connectivity index (χ4n) is 2.39. The predicted octanol–water partition coefficient (Wildman–Crippen LogP) is 2.04. The molecule has 0 aromatic carbocycles. The lowest BCUT2D eigenvalue weighted by Crippen LogP contribution is -2.56. The van der Waals surface area contributed by atoms with Crippen LogP contribution in [0, 0.1) is 0 Å². The number of allylic oxidation sites excluding steroid dienone is 4. The van der Waals surface area contributed by atoms with Gasteiger partial charge < -0.3 is 9.64 Å². The smallest absolute Gasteiger partial charge is 0.0645 e. The van der Waals surface area contributed by atoms with Crippen LogP contribution in [0.4, 0.5) is 0 Å². The molecule has 2 aliphatic heterocycles. The van der Waals surface area contributed by atoms with Crippen molar-refractivity contribution in [1.82, 2.24) is 9.80 Å². The molecule has 2 rings (SSSR count). The van der Waals surface area contributed by atoms with E-state index in [-0.39, 0.29) is 0 Å². The second-order valence-electron chi connectivity index (χ2n) is 5.11. The van der Waals surface area contributed by atoms with Crippen molar-refractivity contribution in [2.75, 3.05) is 39.4 Å². The second kappa shape index (κ2) is 6.21. The maximum atomic E-state index is 5.26. The third-order valence-electron chi connectivity index (χ3n) is 3.65. The van der Waals surface area contributed by atoms with E-state index in [9.17, 15) is 0 Å². The lowest BCUT2D eigenvalue weighted by molar-refractivity contribution is -0.0745. The van der Waals surface area contributed by atoms with Gasteiger partial charge in [-0.1, -0.05) is 24.3 Å². The molecular formula is C15H24N2O. The molecule has 0 aromatic heterocycles. The first-order valence-corrected chi connectivity index (χ1v) is 6.77. The molecule has 0 N–H and O–H groups in total. The molecule has 3 nitrogen and oxygen atoms in total. The summed E-state index contributed by atoms with van der Waals surface area (Å²) in [6, 6.07) is 0.673. The fraction of sp³-hybridized carbons (Fsp3) is 0.600. The fourth-order valence-corrected chi connectivity index (χ4v) is 2.39. The molecule has 0 spiro atoms. The molecule has 0 saturated carbocycles. The largest absolute Gasteiger partial charge is 0.378 e. The van der Waals surface area contributed by atoms with Gasteiger partial charge in [0.05, 0.1) is 19.3 Å². The summed E-state index contributed by atoms with van der Waals surface area (Å²) in [5.41, 5.74) is 2.40. The molecular weight excluding hydrogens is 224 g/mol. The Morgan fingerprint density at radius 1 is 1.17 bits per heavy atom. The molecule has 100 valence electrons. The first kappa shape index (κ1) is 13.4. The Morgan fingerprint density at radius 3 is 2.28 bits per heavy atom. The number of rotatable bonds is 4. The Kier molecular flexibility index (Phi) is 4.61. The van der Waals surface area contributed by atoms with Gasteiger partial charge in [0.15, 0.2) is 0 Å². The number of hydrogen-bond donors (Lipinski definition) is 0. The minimum atomic E-state index is 0.673. The third kappa shape index (κ3) is 3.24. The molecule has 0 bridgehead atoms. The highest BCUT2D eigenvalue weighted by Gasteiger charge is 2.28. The van der Waals surface area contributed by atoms with Crippen LogP contribution in [0.1, 0.15) is 13.8 Å². The van der Waals surface area contributed by atoms with Gasteiger partial charge in [0, 0.05) is 31.9 Å². The van der Waals surface area contributed by atoms with Crippen LogP contribution in [-0.2, 0) is 4.74 Å². The van der Waals surface area contributed by atoms with Gasteiger partial charge in [0.2, 0.25) is 0 Å². The number of piperazine rings is 1. The molecule has 0 amide bonds. The molecule has 0 aromatic rings. The summed E-state index contributed by atoms with van der Waals surface area (Å²) < 4.78 is 5.26. The zero-order valence-corrected chi connectivity index (χ0v) is 11.6. The van der Waals surface area contributed by atoms with E-state index >= 15 is 0 Å². The maximum Gasteiger partial charge on any atom is 0.0645 e. The summed E-state index contributed by atoms with van der Waals surface area (Å²) in [7, 11) is 0. The Bertz CT molecular complexity index is 348. The van der Waals surface area contributed by atoms with Crippen molar-refractivity contribution < 1.29 is 4.74 Å². The van der Waals surface area contributed by atoms with Crippen LogP contribution in [0.3, 0.4) is 0 Å². The summed E-state index contributed by atoms with van der Waals surface area (Å²) in [5.74, 6) is 0. The Balaban J connectivity index is 1.85. The Hall–Kier alpha value is -1.06. The van der Waals surface area contributed by atoms with Crippen LogP contribution in [0.5, 0.6) is 0 Å². The topological polar surface area (TPSA) is 15.7 Å². The van der Waals surface area contributed by atoms with Gasteiger partial charge in [0.1, 0.15) is 0 Å². The van der Waals surface area contributed by atoms with E-state index in [0.717, 1.165) is 45.0 Å². The molecule has 0 radical (unpaired) electrons. The zero-order valence-electron chi connectivity index (χ0n) is 11.6. The quantitative estimate of drug-likeness (QED) is 0.708. The van der Waals surface area contributed by atoms with Crippen LogP contribution in [0.15, 0.2) is 36.1 Å². The number of ether oxygens (including phenoxy) is 1. The van der Waals surface area contributed by atoms with Gasteiger partial charge in [-0.3, -0.25) is 4.90 Å². The molecule has 0 unspecified atom stereocenters. The van der Waals surface area contributed by atoms with Crippen LogP contribution >= 0.6 is 0 Å². The average molecular weight is 248 g/mol. The molecule has 2 heterocycles. The molecule has 0 atom stereocenters. The standard InChI is InChI=1S/C15H24N2O/c1-4-14(6-5-13(2)3)16-7-9-17(10-8-16)15-11-18-12-15/h4-6,15H,2,7-12H2,1,3H3/b6-5-,14-4-. The summed E-state index contributed by atoms with van der Waals surface area (Å²) in [5, 5.41) is 0. The highest BCUT2D eigenvalue weighted by molar-refractivity contribution is 5.24. The molecule has 2 aliphatic rings. The van der Waals surface area contributed by atoms with Crippen LogP contribution in [0.2, 0.25) is 0 Å². The summed E-state index contributed by atoms with van der Waals surface area (Å²) in [4.78, 5) is 5.01. The lowest BCUT2D eigenvalue weighted by Gasteiger charge is -2.43. The first-order chi connectivity index (χ1) is 8.70. The number of nitrogens with zero attached hydrogens (tertiary/aromatic N) is 2. The lowest BCUT2D eigenvalue weighted by atomic mass is 10.1. The molecule has 18 heavy (non-hydrogen) atoms.